The molecule has 0 aromatic heterocycles. The van der Waals surface area contributed by atoms with Crippen molar-refractivity contribution in [2.24, 2.45) is 11.3 Å². The second-order valence-electron chi connectivity index (χ2n) is 6.73. The highest BCUT2D eigenvalue weighted by Crippen LogP contribution is 2.44. The summed E-state index contributed by atoms with van der Waals surface area (Å²) in [6.45, 7) is 8.05. The zero-order valence-electron chi connectivity index (χ0n) is 15.6. The van der Waals surface area contributed by atoms with Gasteiger partial charge in [-0.25, -0.2) is 0 Å². The van der Waals surface area contributed by atoms with Crippen molar-refractivity contribution in [1.29, 1.82) is 0 Å². The molecule has 4 nitrogen and oxygen atoms in total. The molecule has 0 N–H and O–H groups in total. The van der Waals surface area contributed by atoms with E-state index in [9.17, 15) is 9.59 Å². The van der Waals surface area contributed by atoms with Crippen molar-refractivity contribution in [3.05, 3.63) is 47.0 Å². The maximum atomic E-state index is 12.5. The van der Waals surface area contributed by atoms with Crippen LogP contribution in [-0.2, 0) is 25.5 Å². The molecule has 0 fully saturated rings. The van der Waals surface area contributed by atoms with Crippen LogP contribution in [0.15, 0.2) is 35.9 Å². The van der Waals surface area contributed by atoms with Gasteiger partial charge >= 0.3 is 11.9 Å². The molecule has 0 saturated heterocycles. The fourth-order valence-electron chi connectivity index (χ4n) is 3.43. The minimum absolute atomic E-state index is 0.176. The normalized spacial score (nSPS) is 18.6. The number of hydrogen-bond donors (Lipinski definition) is 0. The number of carbonyl (C=O) groups is 2. The fraction of sp³-hybridized carbons (Fsp3) is 0.524. The van der Waals surface area contributed by atoms with Crippen LogP contribution in [0, 0.1) is 18.3 Å². The van der Waals surface area contributed by atoms with Crippen LogP contribution in [0.2, 0.25) is 0 Å². The summed E-state index contributed by atoms with van der Waals surface area (Å²) in [5.41, 5.74) is 2.29. The van der Waals surface area contributed by atoms with Gasteiger partial charge in [-0.1, -0.05) is 41.5 Å². The van der Waals surface area contributed by atoms with Gasteiger partial charge in [0.1, 0.15) is 0 Å². The molecule has 0 heterocycles. The number of rotatable bonds is 7. The number of hydrogen-bond acceptors (Lipinski definition) is 4. The van der Waals surface area contributed by atoms with Crippen LogP contribution in [0.5, 0.6) is 0 Å². The molecule has 136 valence electrons. The van der Waals surface area contributed by atoms with Crippen LogP contribution in [0.3, 0.4) is 0 Å². The summed E-state index contributed by atoms with van der Waals surface area (Å²) >= 11 is 0. The minimum atomic E-state index is -1.28. The Morgan fingerprint density at radius 2 is 1.60 bits per heavy atom. The Morgan fingerprint density at radius 1 is 1.04 bits per heavy atom. The summed E-state index contributed by atoms with van der Waals surface area (Å²) in [5, 5.41) is 0. The smallest absolute Gasteiger partial charge is 0.327 e. The van der Waals surface area contributed by atoms with Crippen LogP contribution in [-0.4, -0.2) is 25.2 Å². The average molecular weight is 344 g/mol. The highest BCUT2D eigenvalue weighted by atomic mass is 16.6. The zero-order valence-corrected chi connectivity index (χ0v) is 15.6. The molecule has 2 rings (SSSR count). The van der Waals surface area contributed by atoms with E-state index < -0.39 is 17.4 Å². The van der Waals surface area contributed by atoms with E-state index in [4.69, 9.17) is 9.47 Å². The number of aryl methyl sites for hydroxylation is 2. The molecule has 0 bridgehead atoms. The van der Waals surface area contributed by atoms with Crippen LogP contribution < -0.4 is 0 Å². The lowest BCUT2D eigenvalue weighted by Gasteiger charge is -2.24. The van der Waals surface area contributed by atoms with Crippen LogP contribution in [0.4, 0.5) is 0 Å². The number of ether oxygens (including phenoxy) is 2. The Morgan fingerprint density at radius 3 is 2.12 bits per heavy atom. The molecule has 1 unspecified atom stereocenters. The van der Waals surface area contributed by atoms with E-state index in [2.05, 4.69) is 31.2 Å². The first-order valence-electron chi connectivity index (χ1n) is 9.02. The monoisotopic (exact) mass is 344 g/mol. The highest BCUT2D eigenvalue weighted by Gasteiger charge is 2.52. The Hall–Kier alpha value is -2.10. The summed E-state index contributed by atoms with van der Waals surface area (Å²) < 4.78 is 10.4. The largest absolute Gasteiger partial charge is 0.465 e. The summed E-state index contributed by atoms with van der Waals surface area (Å²) in [7, 11) is 0. The van der Waals surface area contributed by atoms with Gasteiger partial charge in [-0.15, -0.1) is 0 Å². The Labute approximate surface area is 150 Å². The van der Waals surface area contributed by atoms with E-state index in [1.54, 1.807) is 19.9 Å². The van der Waals surface area contributed by atoms with Gasteiger partial charge in [0, 0.05) is 0 Å². The van der Waals surface area contributed by atoms with Crippen LogP contribution >= 0.6 is 0 Å². The molecule has 1 aliphatic carbocycles. The van der Waals surface area contributed by atoms with Crippen molar-refractivity contribution in [1.82, 2.24) is 0 Å². The van der Waals surface area contributed by atoms with E-state index in [-0.39, 0.29) is 19.1 Å². The van der Waals surface area contributed by atoms with Crippen LogP contribution in [0.25, 0.3) is 0 Å². The van der Waals surface area contributed by atoms with E-state index >= 15 is 0 Å². The van der Waals surface area contributed by atoms with Crippen molar-refractivity contribution >= 4 is 11.9 Å². The maximum Gasteiger partial charge on any atom is 0.327 e. The van der Waals surface area contributed by atoms with Crippen molar-refractivity contribution in [2.75, 3.05) is 13.2 Å². The topological polar surface area (TPSA) is 52.6 Å². The Bertz CT molecular complexity index is 624. The minimum Gasteiger partial charge on any atom is -0.465 e. The quantitative estimate of drug-likeness (QED) is 0.426. The summed E-state index contributed by atoms with van der Waals surface area (Å²) in [6, 6.07) is 8.48. The van der Waals surface area contributed by atoms with Gasteiger partial charge < -0.3 is 9.47 Å². The second kappa shape index (κ2) is 8.32. The predicted molar refractivity (Wildman–Crippen MR) is 97.1 cm³/mol. The van der Waals surface area contributed by atoms with Gasteiger partial charge in [0.15, 0.2) is 5.41 Å². The molecule has 4 heteroatoms. The van der Waals surface area contributed by atoms with Gasteiger partial charge in [-0.3, -0.25) is 9.59 Å². The number of allylic oxidation sites excluding steroid dienone is 1. The zero-order chi connectivity index (χ0) is 18.4. The first kappa shape index (κ1) is 19.2. The summed E-state index contributed by atoms with van der Waals surface area (Å²) in [5.74, 6) is -0.814. The maximum absolute atomic E-state index is 12.5. The van der Waals surface area contributed by atoms with E-state index in [1.807, 2.05) is 6.92 Å². The molecule has 0 saturated carbocycles. The first-order valence-corrected chi connectivity index (χ1v) is 9.02. The third-order valence-electron chi connectivity index (χ3n) is 4.87. The van der Waals surface area contributed by atoms with Gasteiger partial charge in [-0.2, -0.15) is 0 Å². The SMILES string of the molecule is CCOC(=O)C1(C(=O)OCC)C=C(C)C(CCc2ccc(C)cc2)C1. The predicted octanol–water partition coefficient (Wildman–Crippen LogP) is 4.01. The third kappa shape index (κ3) is 4.30. The van der Waals surface area contributed by atoms with Gasteiger partial charge in [0.05, 0.1) is 13.2 Å². The molecule has 0 spiro atoms. The summed E-state index contributed by atoms with van der Waals surface area (Å²) in [6.07, 6.45) is 4.01. The third-order valence-corrected chi connectivity index (χ3v) is 4.87. The standard InChI is InChI=1S/C21H28O4/c1-5-24-19(22)21(20(23)25-6-2)13-16(4)18(14-21)12-11-17-9-7-15(3)8-10-17/h7-10,13,18H,5-6,11-12,14H2,1-4H3. The summed E-state index contributed by atoms with van der Waals surface area (Å²) in [4.78, 5) is 25.0. The lowest BCUT2D eigenvalue weighted by atomic mass is 9.83. The van der Waals surface area contributed by atoms with Crippen molar-refractivity contribution < 1.29 is 19.1 Å². The molecular formula is C21H28O4. The van der Waals surface area contributed by atoms with Gasteiger partial charge in [0.25, 0.3) is 0 Å². The Balaban J connectivity index is 2.12. The van der Waals surface area contributed by atoms with Crippen molar-refractivity contribution in [2.45, 2.75) is 47.0 Å². The molecule has 1 atom stereocenters. The lowest BCUT2D eigenvalue weighted by molar-refractivity contribution is -0.168. The van der Waals surface area contributed by atoms with E-state index in [0.29, 0.717) is 6.42 Å². The molecule has 25 heavy (non-hydrogen) atoms. The molecule has 0 radical (unpaired) electrons. The van der Waals surface area contributed by atoms with E-state index in [1.165, 1.54) is 11.1 Å². The van der Waals surface area contributed by atoms with Gasteiger partial charge in [0.2, 0.25) is 0 Å². The van der Waals surface area contributed by atoms with E-state index in [0.717, 1.165) is 18.4 Å². The number of benzene rings is 1. The highest BCUT2D eigenvalue weighted by molar-refractivity contribution is 6.03. The van der Waals surface area contributed by atoms with Crippen molar-refractivity contribution in [3.8, 4) is 0 Å². The molecule has 0 amide bonds. The Kier molecular flexibility index (Phi) is 6.40. The molecule has 1 aromatic rings. The van der Waals surface area contributed by atoms with Crippen LogP contribution in [0.1, 0.15) is 44.7 Å². The number of esters is 2. The fourth-order valence-corrected chi connectivity index (χ4v) is 3.43. The average Bonchev–Trinajstić information content (AvgIpc) is 2.93. The lowest BCUT2D eigenvalue weighted by Crippen LogP contribution is -2.39. The van der Waals surface area contributed by atoms with Crippen molar-refractivity contribution in [3.63, 3.8) is 0 Å². The molecule has 1 aromatic carbocycles. The van der Waals surface area contributed by atoms with Gasteiger partial charge in [-0.05, 0) is 58.4 Å². The number of carbonyl (C=O) groups excluding carboxylic acids is 2. The molecule has 1 aliphatic rings. The molecular weight excluding hydrogens is 316 g/mol. The molecule has 0 aliphatic heterocycles. The second-order valence-corrected chi connectivity index (χ2v) is 6.73. The first-order chi connectivity index (χ1) is 11.9.